The molecule has 0 heterocycles. The summed E-state index contributed by atoms with van der Waals surface area (Å²) in [6.45, 7) is 1.89. The number of nitro groups is 1. The largest absolute Gasteiger partial charge is 0.397 e. The lowest BCUT2D eigenvalue weighted by Gasteiger charge is -2.01. The summed E-state index contributed by atoms with van der Waals surface area (Å²) in [5, 5.41) is 10.6. The highest BCUT2D eigenvalue weighted by atomic mass is 16.6. The Hall–Kier alpha value is -2.22. The van der Waals surface area contributed by atoms with Gasteiger partial charge in [0.1, 0.15) is 5.69 Å². The van der Waals surface area contributed by atoms with Crippen LogP contribution in [0.4, 0.5) is 17.1 Å². The molecule has 78 valence electrons. The van der Waals surface area contributed by atoms with Crippen LogP contribution < -0.4 is 11.5 Å². The molecule has 1 aromatic rings. The van der Waals surface area contributed by atoms with Crippen LogP contribution in [0.15, 0.2) is 12.1 Å². The van der Waals surface area contributed by atoms with Gasteiger partial charge in [0.2, 0.25) is 0 Å². The minimum absolute atomic E-state index is 0.0120. The molecule has 0 unspecified atom stereocenters. The number of anilines is 2. The Balaban J connectivity index is 3.29. The van der Waals surface area contributed by atoms with Crippen LogP contribution >= 0.6 is 0 Å². The molecule has 5 nitrogen and oxygen atoms in total. The Morgan fingerprint density at radius 1 is 1.47 bits per heavy atom. The van der Waals surface area contributed by atoms with Gasteiger partial charge in [-0.3, -0.25) is 10.1 Å². The molecule has 0 bridgehead atoms. The zero-order valence-electron chi connectivity index (χ0n) is 8.28. The zero-order valence-corrected chi connectivity index (χ0v) is 8.28. The third kappa shape index (κ3) is 2.38. The number of nitrogens with zero attached hydrogens (tertiary/aromatic N) is 1. The van der Waals surface area contributed by atoms with E-state index in [1.54, 1.807) is 0 Å². The van der Waals surface area contributed by atoms with E-state index in [2.05, 4.69) is 11.8 Å². The van der Waals surface area contributed by atoms with E-state index in [0.717, 1.165) is 0 Å². The predicted molar refractivity (Wildman–Crippen MR) is 59.1 cm³/mol. The van der Waals surface area contributed by atoms with Crippen molar-refractivity contribution in [3.05, 3.63) is 27.8 Å². The van der Waals surface area contributed by atoms with E-state index in [-0.39, 0.29) is 17.1 Å². The lowest BCUT2D eigenvalue weighted by molar-refractivity contribution is -0.383. The Kier molecular flexibility index (Phi) is 3.13. The normalized spacial score (nSPS) is 9.13. The first-order valence-corrected chi connectivity index (χ1v) is 4.38. The number of nitrogens with two attached hydrogens (primary N) is 2. The minimum Gasteiger partial charge on any atom is -0.397 e. The van der Waals surface area contributed by atoms with Gasteiger partial charge in [0.25, 0.3) is 5.69 Å². The fraction of sp³-hybridized carbons (Fsp3) is 0.200. The topological polar surface area (TPSA) is 95.2 Å². The van der Waals surface area contributed by atoms with Crippen LogP contribution in [-0.2, 0) is 0 Å². The van der Waals surface area contributed by atoms with E-state index in [1.807, 2.05) is 6.92 Å². The van der Waals surface area contributed by atoms with E-state index in [4.69, 9.17) is 11.5 Å². The molecule has 0 radical (unpaired) electrons. The van der Waals surface area contributed by atoms with Gasteiger partial charge in [-0.05, 0) is 6.07 Å². The van der Waals surface area contributed by atoms with Gasteiger partial charge >= 0.3 is 0 Å². The minimum atomic E-state index is -0.567. The summed E-state index contributed by atoms with van der Waals surface area (Å²) >= 11 is 0. The van der Waals surface area contributed by atoms with Gasteiger partial charge < -0.3 is 11.5 Å². The summed E-state index contributed by atoms with van der Waals surface area (Å²) < 4.78 is 0. The second kappa shape index (κ2) is 4.33. The van der Waals surface area contributed by atoms with Gasteiger partial charge in [-0.25, -0.2) is 0 Å². The monoisotopic (exact) mass is 205 g/mol. The van der Waals surface area contributed by atoms with Crippen LogP contribution in [0, 0.1) is 22.0 Å². The van der Waals surface area contributed by atoms with Crippen LogP contribution in [0.1, 0.15) is 18.9 Å². The number of hydrogen-bond donors (Lipinski definition) is 2. The number of rotatable bonds is 1. The van der Waals surface area contributed by atoms with E-state index in [1.165, 1.54) is 12.1 Å². The van der Waals surface area contributed by atoms with Gasteiger partial charge in [-0.2, -0.15) is 0 Å². The van der Waals surface area contributed by atoms with Crippen molar-refractivity contribution < 1.29 is 4.92 Å². The highest BCUT2D eigenvalue weighted by Gasteiger charge is 2.14. The van der Waals surface area contributed by atoms with Crippen molar-refractivity contribution in [3.8, 4) is 11.8 Å². The van der Waals surface area contributed by atoms with Gasteiger partial charge in [-0.1, -0.05) is 18.8 Å². The molecule has 0 aliphatic rings. The summed E-state index contributed by atoms with van der Waals surface area (Å²) in [7, 11) is 0. The maximum Gasteiger partial charge on any atom is 0.295 e. The number of nitro benzene ring substituents is 1. The second-order valence-corrected chi connectivity index (χ2v) is 2.91. The molecule has 0 amide bonds. The fourth-order valence-corrected chi connectivity index (χ4v) is 1.07. The first-order chi connectivity index (χ1) is 7.06. The molecule has 5 heteroatoms. The highest BCUT2D eigenvalue weighted by molar-refractivity contribution is 5.76. The van der Waals surface area contributed by atoms with E-state index in [9.17, 15) is 10.1 Å². The Morgan fingerprint density at radius 3 is 2.67 bits per heavy atom. The highest BCUT2D eigenvalue weighted by Crippen LogP contribution is 2.28. The second-order valence-electron chi connectivity index (χ2n) is 2.91. The van der Waals surface area contributed by atoms with Crippen molar-refractivity contribution >= 4 is 17.1 Å². The average molecular weight is 205 g/mol. The first-order valence-electron chi connectivity index (χ1n) is 4.38. The average Bonchev–Trinajstić information content (AvgIpc) is 2.19. The van der Waals surface area contributed by atoms with E-state index in [0.29, 0.717) is 12.0 Å². The van der Waals surface area contributed by atoms with Gasteiger partial charge in [-0.15, -0.1) is 0 Å². The molecule has 15 heavy (non-hydrogen) atoms. The molecule has 1 rings (SSSR count). The van der Waals surface area contributed by atoms with E-state index < -0.39 is 4.92 Å². The molecule has 0 saturated carbocycles. The lowest BCUT2D eigenvalue weighted by Crippen LogP contribution is -2.01. The van der Waals surface area contributed by atoms with Crippen molar-refractivity contribution in [2.24, 2.45) is 0 Å². The number of hydrogen-bond acceptors (Lipinski definition) is 4. The molecule has 0 aliphatic carbocycles. The smallest absolute Gasteiger partial charge is 0.295 e. The van der Waals surface area contributed by atoms with Crippen LogP contribution in [-0.4, -0.2) is 4.92 Å². The third-order valence-electron chi connectivity index (χ3n) is 1.80. The van der Waals surface area contributed by atoms with Gasteiger partial charge in [0.05, 0.1) is 10.6 Å². The lowest BCUT2D eigenvalue weighted by atomic mass is 10.1. The molecule has 0 spiro atoms. The predicted octanol–water partition coefficient (Wildman–Crippen LogP) is 1.52. The number of benzene rings is 1. The maximum atomic E-state index is 10.6. The van der Waals surface area contributed by atoms with Crippen molar-refractivity contribution in [3.63, 3.8) is 0 Å². The zero-order chi connectivity index (χ0) is 11.4. The van der Waals surface area contributed by atoms with E-state index >= 15 is 0 Å². The van der Waals surface area contributed by atoms with Crippen molar-refractivity contribution in [1.29, 1.82) is 0 Å². The van der Waals surface area contributed by atoms with Crippen LogP contribution in [0.2, 0.25) is 0 Å². The summed E-state index contributed by atoms with van der Waals surface area (Å²) in [5.74, 6) is 5.58. The summed E-state index contributed by atoms with van der Waals surface area (Å²) in [5.41, 5.74) is 11.5. The molecule has 0 aliphatic heterocycles. The summed E-state index contributed by atoms with van der Waals surface area (Å²) in [6.07, 6.45) is 0.679. The summed E-state index contributed by atoms with van der Waals surface area (Å²) in [6, 6.07) is 2.86. The van der Waals surface area contributed by atoms with Gasteiger partial charge in [0.15, 0.2) is 0 Å². The molecule has 0 aromatic heterocycles. The quantitative estimate of drug-likeness (QED) is 0.314. The van der Waals surface area contributed by atoms with Gasteiger partial charge in [0, 0.05) is 18.1 Å². The third-order valence-corrected chi connectivity index (χ3v) is 1.80. The SMILES string of the molecule is CCC#Cc1cc(N)c(N)c([N+](=O)[O-])c1. The Labute approximate surface area is 87.2 Å². The van der Waals surface area contributed by atoms with Crippen LogP contribution in [0.5, 0.6) is 0 Å². The Bertz CT molecular complexity index is 458. The molecule has 0 saturated heterocycles. The van der Waals surface area contributed by atoms with Crippen LogP contribution in [0.25, 0.3) is 0 Å². The van der Waals surface area contributed by atoms with Crippen LogP contribution in [0.3, 0.4) is 0 Å². The molecular formula is C10H11N3O2. The standard InChI is InChI=1S/C10H11N3O2/c1-2-3-4-7-5-8(11)10(12)9(6-7)13(14)15/h5-6H,2,11-12H2,1H3. The van der Waals surface area contributed by atoms with Crippen molar-refractivity contribution in [1.82, 2.24) is 0 Å². The molecular weight excluding hydrogens is 194 g/mol. The molecule has 0 fully saturated rings. The van der Waals surface area contributed by atoms with Crippen molar-refractivity contribution in [2.75, 3.05) is 11.5 Å². The summed E-state index contributed by atoms with van der Waals surface area (Å²) in [4.78, 5) is 10.1. The fourth-order valence-electron chi connectivity index (χ4n) is 1.07. The molecule has 0 atom stereocenters. The molecule has 4 N–H and O–H groups in total. The Morgan fingerprint density at radius 2 is 2.13 bits per heavy atom. The molecule has 1 aromatic carbocycles. The number of nitrogen functional groups attached to an aromatic ring is 2. The first kappa shape index (κ1) is 10.9. The van der Waals surface area contributed by atoms with Crippen molar-refractivity contribution in [2.45, 2.75) is 13.3 Å². The maximum absolute atomic E-state index is 10.6.